The number of rotatable bonds is 4. The highest BCUT2D eigenvalue weighted by molar-refractivity contribution is 5.90. The number of hydrogen-bond donors (Lipinski definition) is 1. The summed E-state index contributed by atoms with van der Waals surface area (Å²) in [5.74, 6) is 0.350. The number of nitrogens with zero attached hydrogens (tertiary/aromatic N) is 1. The van der Waals surface area contributed by atoms with E-state index in [9.17, 15) is 9.59 Å². The Labute approximate surface area is 103 Å². The maximum atomic E-state index is 12.3. The Bertz CT molecular complexity index is 313. The van der Waals surface area contributed by atoms with Crippen LogP contribution in [0.5, 0.6) is 0 Å². The average molecular weight is 238 g/mol. The van der Waals surface area contributed by atoms with Crippen molar-refractivity contribution in [1.82, 2.24) is 10.2 Å². The molecule has 0 aromatic rings. The Balaban J connectivity index is 2.87. The standard InChI is InChI=1S/C13H22N2O2/c1-5-6-15-10(4)8-12(16)14-11(13(15)17)7-9(2)3/h5,9-11H,1,6-8H2,2-4H3,(H,14,16). The van der Waals surface area contributed by atoms with E-state index < -0.39 is 0 Å². The van der Waals surface area contributed by atoms with Crippen molar-refractivity contribution < 1.29 is 9.59 Å². The van der Waals surface area contributed by atoms with Crippen LogP contribution in [0.25, 0.3) is 0 Å². The number of amides is 2. The van der Waals surface area contributed by atoms with Gasteiger partial charge in [-0.2, -0.15) is 0 Å². The van der Waals surface area contributed by atoms with E-state index in [2.05, 4.69) is 11.9 Å². The highest BCUT2D eigenvalue weighted by atomic mass is 16.2. The number of nitrogens with one attached hydrogen (secondary N) is 1. The Morgan fingerprint density at radius 3 is 2.71 bits per heavy atom. The Morgan fingerprint density at radius 2 is 2.18 bits per heavy atom. The summed E-state index contributed by atoms with van der Waals surface area (Å²) in [6.45, 7) is 10.2. The summed E-state index contributed by atoms with van der Waals surface area (Å²) >= 11 is 0. The molecule has 1 saturated heterocycles. The average Bonchev–Trinajstić information content (AvgIpc) is 2.30. The highest BCUT2D eigenvalue weighted by Crippen LogP contribution is 2.15. The summed E-state index contributed by atoms with van der Waals surface area (Å²) in [5.41, 5.74) is 0. The van der Waals surface area contributed by atoms with E-state index in [1.54, 1.807) is 11.0 Å². The minimum absolute atomic E-state index is 0.0111. The zero-order valence-corrected chi connectivity index (χ0v) is 10.9. The summed E-state index contributed by atoms with van der Waals surface area (Å²) in [5, 5.41) is 2.81. The second kappa shape index (κ2) is 5.84. The third kappa shape index (κ3) is 3.58. The molecule has 0 aromatic carbocycles. The lowest BCUT2D eigenvalue weighted by molar-refractivity contribution is -0.134. The zero-order chi connectivity index (χ0) is 13.0. The first-order valence-corrected chi connectivity index (χ1v) is 6.16. The van der Waals surface area contributed by atoms with Gasteiger partial charge in [-0.05, 0) is 19.3 Å². The fraction of sp³-hybridized carbons (Fsp3) is 0.692. The van der Waals surface area contributed by atoms with Gasteiger partial charge in [0.2, 0.25) is 11.8 Å². The molecule has 0 aromatic heterocycles. The molecule has 4 heteroatoms. The van der Waals surface area contributed by atoms with Crippen molar-refractivity contribution in [1.29, 1.82) is 0 Å². The molecule has 2 atom stereocenters. The van der Waals surface area contributed by atoms with Gasteiger partial charge in [0.25, 0.3) is 0 Å². The van der Waals surface area contributed by atoms with Crippen LogP contribution in [0.15, 0.2) is 12.7 Å². The van der Waals surface area contributed by atoms with E-state index in [0.717, 1.165) is 0 Å². The van der Waals surface area contributed by atoms with Gasteiger partial charge in [-0.3, -0.25) is 9.59 Å². The van der Waals surface area contributed by atoms with Crippen molar-refractivity contribution in [3.8, 4) is 0 Å². The minimum atomic E-state index is -0.382. The number of carbonyl (C=O) groups is 2. The van der Waals surface area contributed by atoms with Crippen LogP contribution in [0.3, 0.4) is 0 Å². The molecule has 96 valence electrons. The molecule has 0 saturated carbocycles. The molecule has 0 bridgehead atoms. The van der Waals surface area contributed by atoms with Gasteiger partial charge in [0, 0.05) is 19.0 Å². The highest BCUT2D eigenvalue weighted by Gasteiger charge is 2.33. The van der Waals surface area contributed by atoms with Crippen LogP contribution < -0.4 is 5.32 Å². The summed E-state index contributed by atoms with van der Waals surface area (Å²) < 4.78 is 0. The summed E-state index contributed by atoms with van der Waals surface area (Å²) in [4.78, 5) is 25.7. The van der Waals surface area contributed by atoms with E-state index in [1.807, 2.05) is 20.8 Å². The van der Waals surface area contributed by atoms with Crippen molar-refractivity contribution in [3.63, 3.8) is 0 Å². The molecule has 2 unspecified atom stereocenters. The SMILES string of the molecule is C=CCN1C(=O)C(CC(C)C)NC(=O)CC1C. The van der Waals surface area contributed by atoms with Crippen molar-refractivity contribution in [2.24, 2.45) is 5.92 Å². The summed E-state index contributed by atoms with van der Waals surface area (Å²) in [6.07, 6.45) is 2.76. The fourth-order valence-electron chi connectivity index (χ4n) is 2.15. The lowest BCUT2D eigenvalue weighted by Gasteiger charge is -2.28. The molecule has 1 rings (SSSR count). The smallest absolute Gasteiger partial charge is 0.245 e. The van der Waals surface area contributed by atoms with Gasteiger partial charge in [-0.1, -0.05) is 19.9 Å². The van der Waals surface area contributed by atoms with Gasteiger partial charge in [0.15, 0.2) is 0 Å². The van der Waals surface area contributed by atoms with Crippen LogP contribution in [0.1, 0.15) is 33.6 Å². The molecule has 4 nitrogen and oxygen atoms in total. The predicted molar refractivity (Wildman–Crippen MR) is 67.4 cm³/mol. The number of hydrogen-bond acceptors (Lipinski definition) is 2. The molecule has 1 fully saturated rings. The normalized spacial score (nSPS) is 25.8. The first kappa shape index (κ1) is 13.7. The van der Waals surface area contributed by atoms with Gasteiger partial charge < -0.3 is 10.2 Å². The molecule has 0 radical (unpaired) electrons. The van der Waals surface area contributed by atoms with Gasteiger partial charge in [-0.15, -0.1) is 6.58 Å². The zero-order valence-electron chi connectivity index (χ0n) is 10.9. The Morgan fingerprint density at radius 1 is 1.53 bits per heavy atom. The maximum Gasteiger partial charge on any atom is 0.245 e. The van der Waals surface area contributed by atoms with Gasteiger partial charge in [-0.25, -0.2) is 0 Å². The minimum Gasteiger partial charge on any atom is -0.344 e. The molecule has 17 heavy (non-hydrogen) atoms. The molecule has 2 amide bonds. The molecule has 1 heterocycles. The molecule has 0 spiro atoms. The van der Waals surface area contributed by atoms with Crippen molar-refractivity contribution in [3.05, 3.63) is 12.7 Å². The van der Waals surface area contributed by atoms with Crippen molar-refractivity contribution in [2.45, 2.75) is 45.7 Å². The number of carbonyl (C=O) groups excluding carboxylic acids is 2. The first-order valence-electron chi connectivity index (χ1n) is 6.16. The van der Waals surface area contributed by atoms with Crippen LogP contribution in [0, 0.1) is 5.92 Å². The quantitative estimate of drug-likeness (QED) is 0.751. The third-order valence-corrected chi connectivity index (χ3v) is 2.96. The maximum absolute atomic E-state index is 12.3. The largest absolute Gasteiger partial charge is 0.344 e. The monoisotopic (exact) mass is 238 g/mol. The predicted octanol–water partition coefficient (Wildman–Crippen LogP) is 1.32. The van der Waals surface area contributed by atoms with Gasteiger partial charge in [0.1, 0.15) is 6.04 Å². The second-order valence-electron chi connectivity index (χ2n) is 5.08. The van der Waals surface area contributed by atoms with E-state index in [0.29, 0.717) is 25.3 Å². The van der Waals surface area contributed by atoms with Crippen molar-refractivity contribution >= 4 is 11.8 Å². The van der Waals surface area contributed by atoms with Crippen LogP contribution in [0.2, 0.25) is 0 Å². The lowest BCUT2D eigenvalue weighted by Crippen LogP contribution is -2.46. The first-order chi connectivity index (χ1) is 7.95. The van der Waals surface area contributed by atoms with Gasteiger partial charge >= 0.3 is 0 Å². The molecular formula is C13H22N2O2. The summed E-state index contributed by atoms with van der Waals surface area (Å²) in [7, 11) is 0. The Kier molecular flexibility index (Phi) is 4.73. The van der Waals surface area contributed by atoms with Crippen LogP contribution in [-0.4, -0.2) is 35.3 Å². The molecule has 1 aliphatic rings. The second-order valence-corrected chi connectivity index (χ2v) is 5.08. The van der Waals surface area contributed by atoms with E-state index in [-0.39, 0.29) is 23.9 Å². The van der Waals surface area contributed by atoms with Gasteiger partial charge in [0.05, 0.1) is 0 Å². The molecule has 1 aliphatic heterocycles. The van der Waals surface area contributed by atoms with Crippen LogP contribution in [-0.2, 0) is 9.59 Å². The molecule has 1 N–H and O–H groups in total. The lowest BCUT2D eigenvalue weighted by atomic mass is 10.0. The Hall–Kier alpha value is -1.32. The molecular weight excluding hydrogens is 216 g/mol. The fourth-order valence-corrected chi connectivity index (χ4v) is 2.15. The van der Waals surface area contributed by atoms with E-state index in [4.69, 9.17) is 0 Å². The topological polar surface area (TPSA) is 49.4 Å². The van der Waals surface area contributed by atoms with Crippen LogP contribution in [0.4, 0.5) is 0 Å². The van der Waals surface area contributed by atoms with Crippen LogP contribution >= 0.6 is 0 Å². The van der Waals surface area contributed by atoms with Crippen molar-refractivity contribution in [2.75, 3.05) is 6.54 Å². The molecule has 0 aliphatic carbocycles. The third-order valence-electron chi connectivity index (χ3n) is 2.96. The van der Waals surface area contributed by atoms with E-state index >= 15 is 0 Å². The summed E-state index contributed by atoms with van der Waals surface area (Å²) in [6, 6.07) is -0.440. The van der Waals surface area contributed by atoms with E-state index in [1.165, 1.54) is 0 Å².